The van der Waals surface area contributed by atoms with Gasteiger partial charge in [-0.1, -0.05) is 0 Å². The van der Waals surface area contributed by atoms with Crippen LogP contribution in [0.15, 0.2) is 12.1 Å². The molecule has 1 aromatic heterocycles. The van der Waals surface area contributed by atoms with Gasteiger partial charge in [-0.05, 0) is 37.5 Å². The number of carboxylic acids is 1. The fraction of sp³-hybridized carbons (Fsp3) is 0.500. The maximum atomic E-state index is 12.0. The normalized spacial score (nSPS) is 12.2. The SMILES string of the molecule is CSCC[C@H](NC(=O)c1ccc(C)n1C)C(=O)O. The number of rotatable bonds is 6. The van der Waals surface area contributed by atoms with E-state index in [0.717, 1.165) is 5.69 Å². The molecular weight excluding hydrogens is 252 g/mol. The molecule has 5 nitrogen and oxygen atoms in total. The number of nitrogens with zero attached hydrogens (tertiary/aromatic N) is 1. The second kappa shape index (κ2) is 6.49. The van der Waals surface area contributed by atoms with E-state index >= 15 is 0 Å². The minimum absolute atomic E-state index is 0.348. The smallest absolute Gasteiger partial charge is 0.326 e. The lowest BCUT2D eigenvalue weighted by molar-refractivity contribution is -0.139. The second-order valence-electron chi connectivity index (χ2n) is 4.06. The van der Waals surface area contributed by atoms with Gasteiger partial charge in [-0.2, -0.15) is 11.8 Å². The molecule has 6 heteroatoms. The number of aliphatic carboxylic acids is 1. The molecule has 1 aromatic rings. The summed E-state index contributed by atoms with van der Waals surface area (Å²) >= 11 is 1.56. The molecule has 1 rings (SSSR count). The summed E-state index contributed by atoms with van der Waals surface area (Å²) in [4.78, 5) is 23.0. The lowest BCUT2D eigenvalue weighted by atomic mass is 10.2. The first-order valence-electron chi connectivity index (χ1n) is 5.62. The molecular formula is C12H18N2O3S. The van der Waals surface area contributed by atoms with Crippen molar-refractivity contribution in [3.63, 3.8) is 0 Å². The van der Waals surface area contributed by atoms with Gasteiger partial charge >= 0.3 is 5.97 Å². The van der Waals surface area contributed by atoms with Crippen LogP contribution in [0, 0.1) is 6.92 Å². The summed E-state index contributed by atoms with van der Waals surface area (Å²) in [5.74, 6) is -0.647. The van der Waals surface area contributed by atoms with E-state index in [0.29, 0.717) is 17.9 Å². The van der Waals surface area contributed by atoms with E-state index in [4.69, 9.17) is 5.11 Å². The number of aromatic nitrogens is 1. The van der Waals surface area contributed by atoms with Crippen LogP contribution in [0.1, 0.15) is 22.6 Å². The largest absolute Gasteiger partial charge is 0.480 e. The molecule has 0 saturated carbocycles. The molecule has 0 bridgehead atoms. The quantitative estimate of drug-likeness (QED) is 0.816. The fourth-order valence-electron chi connectivity index (χ4n) is 1.57. The lowest BCUT2D eigenvalue weighted by Gasteiger charge is -2.14. The summed E-state index contributed by atoms with van der Waals surface area (Å²) in [6.45, 7) is 1.89. The van der Waals surface area contributed by atoms with Crippen LogP contribution in [-0.4, -0.2) is 39.6 Å². The first-order chi connectivity index (χ1) is 8.47. The monoisotopic (exact) mass is 270 g/mol. The molecule has 0 aliphatic rings. The number of aryl methyl sites for hydroxylation is 1. The van der Waals surface area contributed by atoms with Gasteiger partial charge < -0.3 is 15.0 Å². The highest BCUT2D eigenvalue weighted by molar-refractivity contribution is 7.98. The van der Waals surface area contributed by atoms with E-state index in [1.54, 1.807) is 29.4 Å². The minimum Gasteiger partial charge on any atom is -0.480 e. The van der Waals surface area contributed by atoms with Crippen LogP contribution in [0.2, 0.25) is 0 Å². The number of carboxylic acid groups (broad SMARTS) is 1. The number of carbonyl (C=O) groups is 2. The lowest BCUT2D eigenvalue weighted by Crippen LogP contribution is -2.41. The second-order valence-corrected chi connectivity index (χ2v) is 5.05. The van der Waals surface area contributed by atoms with Crippen molar-refractivity contribution in [2.75, 3.05) is 12.0 Å². The van der Waals surface area contributed by atoms with E-state index in [1.165, 1.54) is 0 Å². The van der Waals surface area contributed by atoms with Gasteiger partial charge in [0, 0.05) is 12.7 Å². The molecule has 0 aliphatic heterocycles. The summed E-state index contributed by atoms with van der Waals surface area (Å²) in [6.07, 6.45) is 2.33. The van der Waals surface area contributed by atoms with Crippen molar-refractivity contribution >= 4 is 23.6 Å². The zero-order valence-electron chi connectivity index (χ0n) is 10.8. The van der Waals surface area contributed by atoms with Gasteiger partial charge in [0.2, 0.25) is 0 Å². The molecule has 2 N–H and O–H groups in total. The summed E-state index contributed by atoms with van der Waals surface area (Å²) in [5.41, 5.74) is 1.43. The number of hydrogen-bond donors (Lipinski definition) is 2. The number of carbonyl (C=O) groups excluding carboxylic acids is 1. The van der Waals surface area contributed by atoms with E-state index in [1.807, 2.05) is 19.2 Å². The molecule has 18 heavy (non-hydrogen) atoms. The van der Waals surface area contributed by atoms with Crippen LogP contribution in [0.5, 0.6) is 0 Å². The molecule has 0 radical (unpaired) electrons. The van der Waals surface area contributed by atoms with Gasteiger partial charge in [0.15, 0.2) is 0 Å². The molecule has 0 aromatic carbocycles. The fourth-order valence-corrected chi connectivity index (χ4v) is 2.04. The topological polar surface area (TPSA) is 71.3 Å². The summed E-state index contributed by atoms with van der Waals surface area (Å²) in [7, 11) is 1.78. The van der Waals surface area contributed by atoms with Crippen molar-refractivity contribution in [1.82, 2.24) is 9.88 Å². The third-order valence-corrected chi connectivity index (χ3v) is 3.46. The average Bonchev–Trinajstić information content (AvgIpc) is 2.65. The highest BCUT2D eigenvalue weighted by Gasteiger charge is 2.21. The van der Waals surface area contributed by atoms with Gasteiger partial charge in [-0.25, -0.2) is 4.79 Å². The molecule has 0 aliphatic carbocycles. The van der Waals surface area contributed by atoms with Crippen molar-refractivity contribution in [2.24, 2.45) is 7.05 Å². The zero-order valence-corrected chi connectivity index (χ0v) is 11.6. The number of amides is 1. The van der Waals surface area contributed by atoms with Crippen LogP contribution in [0.3, 0.4) is 0 Å². The van der Waals surface area contributed by atoms with Gasteiger partial charge in [-0.3, -0.25) is 4.79 Å². The molecule has 0 saturated heterocycles. The maximum Gasteiger partial charge on any atom is 0.326 e. The summed E-state index contributed by atoms with van der Waals surface area (Å²) < 4.78 is 1.74. The highest BCUT2D eigenvalue weighted by Crippen LogP contribution is 2.07. The van der Waals surface area contributed by atoms with Gasteiger partial charge in [-0.15, -0.1) is 0 Å². The Morgan fingerprint density at radius 1 is 1.50 bits per heavy atom. The molecule has 0 fully saturated rings. The summed E-state index contributed by atoms with van der Waals surface area (Å²) in [5, 5.41) is 11.6. The van der Waals surface area contributed by atoms with Crippen LogP contribution in [0.4, 0.5) is 0 Å². The number of nitrogens with one attached hydrogen (secondary N) is 1. The van der Waals surface area contributed by atoms with Gasteiger partial charge in [0.1, 0.15) is 11.7 Å². The Labute approximate surface area is 111 Å². The first-order valence-corrected chi connectivity index (χ1v) is 7.01. The Bertz CT molecular complexity index is 443. The molecule has 100 valence electrons. The van der Waals surface area contributed by atoms with Crippen molar-refractivity contribution in [2.45, 2.75) is 19.4 Å². The Balaban J connectivity index is 2.72. The van der Waals surface area contributed by atoms with E-state index < -0.39 is 12.0 Å². The number of thioether (sulfide) groups is 1. The Morgan fingerprint density at radius 3 is 2.61 bits per heavy atom. The molecule has 1 amide bonds. The van der Waals surface area contributed by atoms with Crippen molar-refractivity contribution in [3.05, 3.63) is 23.5 Å². The van der Waals surface area contributed by atoms with Crippen molar-refractivity contribution in [1.29, 1.82) is 0 Å². The highest BCUT2D eigenvalue weighted by atomic mass is 32.2. The maximum absolute atomic E-state index is 12.0. The molecule has 0 spiro atoms. The van der Waals surface area contributed by atoms with E-state index in [9.17, 15) is 9.59 Å². The van der Waals surface area contributed by atoms with Crippen molar-refractivity contribution < 1.29 is 14.7 Å². The van der Waals surface area contributed by atoms with Crippen LogP contribution in [-0.2, 0) is 11.8 Å². The predicted octanol–water partition coefficient (Wildman–Crippen LogP) is 1.27. The zero-order chi connectivity index (χ0) is 13.7. The Morgan fingerprint density at radius 2 is 2.17 bits per heavy atom. The third-order valence-electron chi connectivity index (χ3n) is 2.82. The van der Waals surface area contributed by atoms with E-state index in [-0.39, 0.29) is 5.91 Å². The first kappa shape index (κ1) is 14.6. The van der Waals surface area contributed by atoms with Gasteiger partial charge in [0.25, 0.3) is 5.91 Å². The average molecular weight is 270 g/mol. The van der Waals surface area contributed by atoms with Crippen LogP contribution >= 0.6 is 11.8 Å². The Hall–Kier alpha value is -1.43. The number of hydrogen-bond acceptors (Lipinski definition) is 3. The van der Waals surface area contributed by atoms with Crippen LogP contribution in [0.25, 0.3) is 0 Å². The molecule has 1 atom stereocenters. The summed E-state index contributed by atoms with van der Waals surface area (Å²) in [6, 6.07) is 2.69. The van der Waals surface area contributed by atoms with Gasteiger partial charge in [0.05, 0.1) is 0 Å². The predicted molar refractivity (Wildman–Crippen MR) is 72.0 cm³/mol. The molecule has 1 heterocycles. The molecule has 0 unspecified atom stereocenters. The standard InChI is InChI=1S/C12H18N2O3S/c1-8-4-5-10(14(8)2)11(15)13-9(12(16)17)6-7-18-3/h4-5,9H,6-7H2,1-3H3,(H,13,15)(H,16,17)/t9-/m0/s1. The van der Waals surface area contributed by atoms with E-state index in [2.05, 4.69) is 5.32 Å². The minimum atomic E-state index is -0.997. The third kappa shape index (κ3) is 3.53. The van der Waals surface area contributed by atoms with Crippen LogP contribution < -0.4 is 5.32 Å². The Kier molecular flexibility index (Phi) is 5.27. The van der Waals surface area contributed by atoms with Crippen molar-refractivity contribution in [3.8, 4) is 0 Å².